The summed E-state index contributed by atoms with van der Waals surface area (Å²) < 4.78 is 15.0. The Morgan fingerprint density at radius 3 is 2.58 bits per heavy atom. The van der Waals surface area contributed by atoms with Gasteiger partial charge in [-0.3, -0.25) is 4.79 Å². The number of carbonyl (C=O) groups is 1. The van der Waals surface area contributed by atoms with Crippen molar-refractivity contribution in [2.75, 3.05) is 0 Å². The molecule has 0 fully saturated rings. The highest BCUT2D eigenvalue weighted by atomic mass is 19.1. The van der Waals surface area contributed by atoms with Gasteiger partial charge in [-0.25, -0.2) is 9.37 Å². The second kappa shape index (κ2) is 8.43. The molecule has 134 valence electrons. The standard InChI is InChI=1S/C21H22FN3O/c1-16(17-6-8-20(22)9-7-17)12-21(26)24-13-18-4-2-3-5-19(18)14-25-11-10-23-15-25/h2-11,15-16H,12-14H2,1H3,(H,24,26). The van der Waals surface area contributed by atoms with Crippen LogP contribution in [0.25, 0.3) is 0 Å². The number of hydrogen-bond acceptors (Lipinski definition) is 2. The maximum atomic E-state index is 13.0. The van der Waals surface area contributed by atoms with Crippen LogP contribution >= 0.6 is 0 Å². The van der Waals surface area contributed by atoms with E-state index in [4.69, 9.17) is 0 Å². The van der Waals surface area contributed by atoms with Gasteiger partial charge in [0.05, 0.1) is 6.33 Å². The maximum absolute atomic E-state index is 13.0. The van der Waals surface area contributed by atoms with Crippen LogP contribution in [0, 0.1) is 5.82 Å². The number of amides is 1. The molecule has 5 heteroatoms. The van der Waals surface area contributed by atoms with E-state index in [-0.39, 0.29) is 17.6 Å². The Morgan fingerprint density at radius 1 is 1.15 bits per heavy atom. The van der Waals surface area contributed by atoms with Crippen molar-refractivity contribution in [1.82, 2.24) is 14.9 Å². The first-order valence-corrected chi connectivity index (χ1v) is 8.66. The van der Waals surface area contributed by atoms with Gasteiger partial charge in [0.15, 0.2) is 0 Å². The Kier molecular flexibility index (Phi) is 5.79. The molecule has 0 radical (unpaired) electrons. The molecule has 1 heterocycles. The van der Waals surface area contributed by atoms with Gasteiger partial charge in [0.2, 0.25) is 5.91 Å². The van der Waals surface area contributed by atoms with Gasteiger partial charge in [0.1, 0.15) is 5.82 Å². The summed E-state index contributed by atoms with van der Waals surface area (Å²) in [6.45, 7) is 3.18. The molecule has 1 unspecified atom stereocenters. The predicted octanol–water partition coefficient (Wildman–Crippen LogP) is 3.88. The molecule has 4 nitrogen and oxygen atoms in total. The highest BCUT2D eigenvalue weighted by Gasteiger charge is 2.12. The molecule has 0 saturated heterocycles. The van der Waals surface area contributed by atoms with Gasteiger partial charge in [0, 0.05) is 31.9 Å². The summed E-state index contributed by atoms with van der Waals surface area (Å²) in [5.41, 5.74) is 3.20. The minimum atomic E-state index is -0.264. The molecule has 3 rings (SSSR count). The van der Waals surface area contributed by atoms with Gasteiger partial charge < -0.3 is 9.88 Å². The van der Waals surface area contributed by atoms with E-state index in [2.05, 4.69) is 16.4 Å². The number of nitrogens with zero attached hydrogens (tertiary/aromatic N) is 2. The van der Waals surface area contributed by atoms with Gasteiger partial charge in [-0.15, -0.1) is 0 Å². The smallest absolute Gasteiger partial charge is 0.220 e. The first kappa shape index (κ1) is 17.9. The SMILES string of the molecule is CC(CC(=O)NCc1ccccc1Cn1ccnc1)c1ccc(F)cc1. The van der Waals surface area contributed by atoms with Crippen molar-refractivity contribution in [3.8, 4) is 0 Å². The van der Waals surface area contributed by atoms with Gasteiger partial charge in [-0.2, -0.15) is 0 Å². The second-order valence-electron chi connectivity index (χ2n) is 6.44. The fourth-order valence-electron chi connectivity index (χ4n) is 2.91. The molecule has 2 aromatic carbocycles. The number of nitrogens with one attached hydrogen (secondary N) is 1. The van der Waals surface area contributed by atoms with E-state index in [1.165, 1.54) is 12.1 Å². The monoisotopic (exact) mass is 351 g/mol. The fraction of sp³-hybridized carbons (Fsp3) is 0.238. The van der Waals surface area contributed by atoms with Crippen molar-refractivity contribution < 1.29 is 9.18 Å². The quantitative estimate of drug-likeness (QED) is 0.702. The lowest BCUT2D eigenvalue weighted by molar-refractivity contribution is -0.121. The van der Waals surface area contributed by atoms with Crippen LogP contribution in [0.1, 0.15) is 36.0 Å². The Bertz CT molecular complexity index is 844. The fourth-order valence-corrected chi connectivity index (χ4v) is 2.91. The molecule has 0 spiro atoms. The first-order chi connectivity index (χ1) is 12.6. The lowest BCUT2D eigenvalue weighted by Gasteiger charge is -2.14. The number of hydrogen-bond donors (Lipinski definition) is 1. The van der Waals surface area contributed by atoms with Crippen molar-refractivity contribution in [2.24, 2.45) is 0 Å². The lowest BCUT2D eigenvalue weighted by atomic mass is 9.97. The van der Waals surface area contributed by atoms with Crippen LogP contribution in [-0.4, -0.2) is 15.5 Å². The molecule has 1 N–H and O–H groups in total. The molecule has 0 saturated carbocycles. The van der Waals surface area contributed by atoms with Crippen LogP contribution < -0.4 is 5.32 Å². The maximum Gasteiger partial charge on any atom is 0.220 e. The number of carbonyl (C=O) groups excluding carboxylic acids is 1. The Balaban J connectivity index is 1.57. The number of aromatic nitrogens is 2. The van der Waals surface area contributed by atoms with E-state index >= 15 is 0 Å². The minimum absolute atomic E-state index is 0.0146. The average Bonchev–Trinajstić information content (AvgIpc) is 3.14. The molecular formula is C21H22FN3O. The van der Waals surface area contributed by atoms with E-state index in [1.54, 1.807) is 24.7 Å². The second-order valence-corrected chi connectivity index (χ2v) is 6.44. The molecule has 1 aromatic heterocycles. The topological polar surface area (TPSA) is 46.9 Å². The zero-order chi connectivity index (χ0) is 18.4. The number of rotatable bonds is 7. The Morgan fingerprint density at radius 2 is 1.88 bits per heavy atom. The van der Waals surface area contributed by atoms with Crippen LogP contribution in [0.4, 0.5) is 4.39 Å². The van der Waals surface area contributed by atoms with E-state index in [0.29, 0.717) is 13.0 Å². The molecular weight excluding hydrogens is 329 g/mol. The van der Waals surface area contributed by atoms with Crippen molar-refractivity contribution in [2.45, 2.75) is 32.4 Å². The van der Waals surface area contributed by atoms with Crippen molar-refractivity contribution in [3.05, 3.63) is 89.8 Å². The summed E-state index contributed by atoms with van der Waals surface area (Å²) in [6.07, 6.45) is 5.82. The van der Waals surface area contributed by atoms with Gasteiger partial charge >= 0.3 is 0 Å². The minimum Gasteiger partial charge on any atom is -0.352 e. The Hall–Kier alpha value is -2.95. The molecule has 1 amide bonds. The molecule has 26 heavy (non-hydrogen) atoms. The van der Waals surface area contributed by atoms with Crippen LogP contribution in [0.3, 0.4) is 0 Å². The number of halogens is 1. The third kappa shape index (κ3) is 4.79. The highest BCUT2D eigenvalue weighted by Crippen LogP contribution is 2.19. The van der Waals surface area contributed by atoms with E-state index in [1.807, 2.05) is 35.9 Å². The van der Waals surface area contributed by atoms with E-state index in [9.17, 15) is 9.18 Å². The largest absolute Gasteiger partial charge is 0.352 e. The summed E-state index contributed by atoms with van der Waals surface area (Å²) in [7, 11) is 0. The van der Waals surface area contributed by atoms with Gasteiger partial charge in [-0.1, -0.05) is 43.3 Å². The molecule has 0 aliphatic carbocycles. The number of imidazole rings is 1. The van der Waals surface area contributed by atoms with Crippen LogP contribution in [0.15, 0.2) is 67.3 Å². The van der Waals surface area contributed by atoms with E-state index in [0.717, 1.165) is 23.2 Å². The molecule has 0 bridgehead atoms. The van der Waals surface area contributed by atoms with Crippen LogP contribution in [-0.2, 0) is 17.9 Å². The molecule has 0 aliphatic heterocycles. The summed E-state index contributed by atoms with van der Waals surface area (Å²) in [5.74, 6) is -0.240. The summed E-state index contributed by atoms with van der Waals surface area (Å²) in [6, 6.07) is 14.4. The summed E-state index contributed by atoms with van der Waals surface area (Å²) in [4.78, 5) is 16.4. The van der Waals surface area contributed by atoms with Crippen molar-refractivity contribution in [1.29, 1.82) is 0 Å². The summed E-state index contributed by atoms with van der Waals surface area (Å²) >= 11 is 0. The average molecular weight is 351 g/mol. The lowest BCUT2D eigenvalue weighted by Crippen LogP contribution is -2.24. The third-order valence-corrected chi connectivity index (χ3v) is 4.44. The van der Waals surface area contributed by atoms with Crippen LogP contribution in [0.2, 0.25) is 0 Å². The predicted molar refractivity (Wildman–Crippen MR) is 99.0 cm³/mol. The zero-order valence-electron chi connectivity index (χ0n) is 14.7. The first-order valence-electron chi connectivity index (χ1n) is 8.66. The molecule has 3 aromatic rings. The Labute approximate surface area is 152 Å². The van der Waals surface area contributed by atoms with Gasteiger partial charge in [-0.05, 0) is 34.7 Å². The van der Waals surface area contributed by atoms with Crippen LogP contribution in [0.5, 0.6) is 0 Å². The zero-order valence-corrected chi connectivity index (χ0v) is 14.7. The van der Waals surface area contributed by atoms with Crippen molar-refractivity contribution >= 4 is 5.91 Å². The number of benzene rings is 2. The highest BCUT2D eigenvalue weighted by molar-refractivity contribution is 5.76. The van der Waals surface area contributed by atoms with Gasteiger partial charge in [0.25, 0.3) is 0 Å². The summed E-state index contributed by atoms with van der Waals surface area (Å²) in [5, 5.41) is 2.99. The molecule has 1 atom stereocenters. The van der Waals surface area contributed by atoms with E-state index < -0.39 is 0 Å². The normalized spacial score (nSPS) is 11.9. The third-order valence-electron chi connectivity index (χ3n) is 4.44. The molecule has 0 aliphatic rings. The van der Waals surface area contributed by atoms with Crippen molar-refractivity contribution in [3.63, 3.8) is 0 Å².